The molecule has 0 radical (unpaired) electrons. The zero-order chi connectivity index (χ0) is 24.4. The first-order chi connectivity index (χ1) is 17.9. The highest BCUT2D eigenvalue weighted by molar-refractivity contribution is 5.79. The molecule has 4 heteroatoms. The second kappa shape index (κ2) is 13.2. The lowest BCUT2D eigenvalue weighted by molar-refractivity contribution is 0.0987. The number of ether oxygens (including phenoxy) is 4. The normalized spacial score (nSPS) is 18.2. The third-order valence-electron chi connectivity index (χ3n) is 7.10. The Hall–Kier alpha value is -2.50. The van der Waals surface area contributed by atoms with Crippen molar-refractivity contribution in [3.05, 3.63) is 82.9 Å². The minimum absolute atomic E-state index is 0.611. The van der Waals surface area contributed by atoms with Gasteiger partial charge in [-0.2, -0.15) is 0 Å². The van der Waals surface area contributed by atoms with Gasteiger partial charge in [-0.05, 0) is 89.1 Å². The van der Waals surface area contributed by atoms with Crippen molar-refractivity contribution in [1.82, 2.24) is 0 Å². The highest BCUT2D eigenvalue weighted by Crippen LogP contribution is 2.35. The molecular weight excluding hydrogens is 448 g/mol. The van der Waals surface area contributed by atoms with Crippen LogP contribution >= 0.6 is 0 Å². The molecule has 190 valence electrons. The van der Waals surface area contributed by atoms with Crippen molar-refractivity contribution in [2.24, 2.45) is 0 Å². The number of hydrogen-bond donors (Lipinski definition) is 0. The summed E-state index contributed by atoms with van der Waals surface area (Å²) >= 11 is 0. The SMILES string of the molecule is c1cc2cc(c1)-c1c3cccc1COCCCCCOCc1cccc(c1-2)COCCCCCOC3. The minimum Gasteiger partial charge on any atom is -0.377 e. The fourth-order valence-electron chi connectivity index (χ4n) is 5.26. The van der Waals surface area contributed by atoms with E-state index in [-0.39, 0.29) is 0 Å². The van der Waals surface area contributed by atoms with E-state index in [0.29, 0.717) is 26.4 Å². The molecule has 0 saturated heterocycles. The van der Waals surface area contributed by atoms with Gasteiger partial charge in [-0.3, -0.25) is 0 Å². The van der Waals surface area contributed by atoms with E-state index in [1.165, 1.54) is 44.5 Å². The third-order valence-corrected chi connectivity index (χ3v) is 7.10. The Bertz CT molecular complexity index is 982. The van der Waals surface area contributed by atoms with Gasteiger partial charge in [0.15, 0.2) is 0 Å². The Morgan fingerprint density at radius 1 is 0.389 bits per heavy atom. The summed E-state index contributed by atoms with van der Waals surface area (Å²) in [5, 5.41) is 0. The van der Waals surface area contributed by atoms with Crippen molar-refractivity contribution >= 4 is 0 Å². The molecule has 0 spiro atoms. The smallest absolute Gasteiger partial charge is 0.0722 e. The molecule has 4 bridgehead atoms. The van der Waals surface area contributed by atoms with Crippen molar-refractivity contribution in [3.8, 4) is 22.3 Å². The topological polar surface area (TPSA) is 36.9 Å². The Labute approximate surface area is 215 Å². The van der Waals surface area contributed by atoms with Crippen molar-refractivity contribution in [1.29, 1.82) is 0 Å². The first-order valence-corrected chi connectivity index (χ1v) is 13.5. The lowest BCUT2D eigenvalue weighted by Gasteiger charge is -2.20. The Kier molecular flexibility index (Phi) is 9.20. The van der Waals surface area contributed by atoms with Crippen LogP contribution in [0.5, 0.6) is 0 Å². The lowest BCUT2D eigenvalue weighted by Crippen LogP contribution is -2.06. The van der Waals surface area contributed by atoms with E-state index in [4.69, 9.17) is 18.9 Å². The lowest BCUT2D eigenvalue weighted by atomic mass is 9.89. The maximum absolute atomic E-state index is 6.15. The van der Waals surface area contributed by atoms with Gasteiger partial charge in [0, 0.05) is 26.4 Å². The van der Waals surface area contributed by atoms with E-state index in [9.17, 15) is 0 Å². The number of benzene rings is 3. The highest BCUT2D eigenvalue weighted by atomic mass is 16.5. The van der Waals surface area contributed by atoms with Gasteiger partial charge < -0.3 is 18.9 Å². The first kappa shape index (κ1) is 25.2. The summed E-state index contributed by atoms with van der Waals surface area (Å²) in [6.45, 7) is 5.52. The predicted octanol–water partition coefficient (Wildman–Crippen LogP) is 7.45. The van der Waals surface area contributed by atoms with Crippen molar-refractivity contribution in [2.45, 2.75) is 65.0 Å². The number of hydrogen-bond acceptors (Lipinski definition) is 4. The molecule has 2 aliphatic rings. The molecule has 0 atom stereocenters. The average Bonchev–Trinajstić information content (AvgIpc) is 2.90. The van der Waals surface area contributed by atoms with E-state index < -0.39 is 0 Å². The molecule has 2 heterocycles. The molecule has 0 N–H and O–H groups in total. The van der Waals surface area contributed by atoms with E-state index >= 15 is 0 Å². The molecule has 0 unspecified atom stereocenters. The summed E-state index contributed by atoms with van der Waals surface area (Å²) in [4.78, 5) is 0. The summed E-state index contributed by atoms with van der Waals surface area (Å²) < 4.78 is 24.6. The van der Waals surface area contributed by atoms with Crippen LogP contribution in [0, 0.1) is 0 Å². The zero-order valence-corrected chi connectivity index (χ0v) is 21.3. The Balaban J connectivity index is 1.64. The fraction of sp³-hybridized carbons (Fsp3) is 0.438. The first-order valence-electron chi connectivity index (χ1n) is 13.5. The molecule has 0 saturated carbocycles. The van der Waals surface area contributed by atoms with Crippen LogP contribution in [0.2, 0.25) is 0 Å². The van der Waals surface area contributed by atoms with Crippen molar-refractivity contribution in [3.63, 3.8) is 0 Å². The van der Waals surface area contributed by atoms with E-state index in [1.54, 1.807) is 0 Å². The van der Waals surface area contributed by atoms with Crippen LogP contribution in [0.3, 0.4) is 0 Å². The quantitative estimate of drug-likeness (QED) is 0.331. The summed E-state index contributed by atoms with van der Waals surface area (Å²) in [5.74, 6) is 0. The van der Waals surface area contributed by atoms with Crippen LogP contribution < -0.4 is 0 Å². The van der Waals surface area contributed by atoms with Crippen LogP contribution in [0.25, 0.3) is 22.3 Å². The van der Waals surface area contributed by atoms with Gasteiger partial charge in [0.2, 0.25) is 0 Å². The van der Waals surface area contributed by atoms with Gasteiger partial charge in [-0.1, -0.05) is 54.6 Å². The summed E-state index contributed by atoms with van der Waals surface area (Å²) in [5.41, 5.74) is 9.78. The molecule has 0 aromatic heterocycles. The minimum atomic E-state index is 0.611. The van der Waals surface area contributed by atoms with E-state index in [2.05, 4.69) is 60.7 Å². The molecule has 3 aromatic rings. The molecule has 5 rings (SSSR count). The van der Waals surface area contributed by atoms with Crippen LogP contribution in [0.4, 0.5) is 0 Å². The van der Waals surface area contributed by atoms with Gasteiger partial charge in [-0.15, -0.1) is 0 Å². The second-order valence-electron chi connectivity index (χ2n) is 9.81. The standard InChI is InChI=1S/C32H38O4/c1-3-16-33-21-27-12-8-14-29-23-35-18-5-2-6-19-36-24-30-15-9-13-28(22-34-17-4-1)32(30)26-11-7-10-25(20-26)31(27)29/h7-15,20H,1-6,16-19,21-24H2. The molecule has 0 amide bonds. The van der Waals surface area contributed by atoms with Crippen molar-refractivity contribution in [2.75, 3.05) is 26.4 Å². The average molecular weight is 487 g/mol. The van der Waals surface area contributed by atoms with Gasteiger partial charge in [0.05, 0.1) is 26.4 Å². The third kappa shape index (κ3) is 6.43. The molecule has 36 heavy (non-hydrogen) atoms. The van der Waals surface area contributed by atoms with Crippen LogP contribution in [0.1, 0.15) is 60.8 Å². The second-order valence-corrected chi connectivity index (χ2v) is 9.81. The van der Waals surface area contributed by atoms with Gasteiger partial charge in [0.1, 0.15) is 0 Å². The summed E-state index contributed by atoms with van der Waals surface area (Å²) in [6.07, 6.45) is 6.43. The highest BCUT2D eigenvalue weighted by Gasteiger charge is 2.16. The zero-order valence-electron chi connectivity index (χ0n) is 21.3. The molecule has 0 fully saturated rings. The largest absolute Gasteiger partial charge is 0.377 e. The van der Waals surface area contributed by atoms with Gasteiger partial charge in [0.25, 0.3) is 0 Å². The Morgan fingerprint density at radius 2 is 0.722 bits per heavy atom. The van der Waals surface area contributed by atoms with Gasteiger partial charge in [-0.25, -0.2) is 0 Å². The van der Waals surface area contributed by atoms with Gasteiger partial charge >= 0.3 is 0 Å². The summed E-state index contributed by atoms with van der Waals surface area (Å²) in [6, 6.07) is 22.0. The molecular formula is C32H38O4. The molecule has 3 aromatic carbocycles. The summed E-state index contributed by atoms with van der Waals surface area (Å²) in [7, 11) is 0. The van der Waals surface area contributed by atoms with Crippen LogP contribution in [-0.4, -0.2) is 26.4 Å². The monoisotopic (exact) mass is 486 g/mol. The molecule has 4 nitrogen and oxygen atoms in total. The maximum Gasteiger partial charge on any atom is 0.0722 e. The molecule has 2 aliphatic heterocycles. The van der Waals surface area contributed by atoms with Crippen LogP contribution in [-0.2, 0) is 45.4 Å². The van der Waals surface area contributed by atoms with E-state index in [0.717, 1.165) is 65.0 Å². The van der Waals surface area contributed by atoms with Crippen molar-refractivity contribution < 1.29 is 18.9 Å². The predicted molar refractivity (Wildman–Crippen MR) is 144 cm³/mol. The van der Waals surface area contributed by atoms with Crippen LogP contribution in [0.15, 0.2) is 60.7 Å². The fourth-order valence-corrected chi connectivity index (χ4v) is 5.26. The Morgan fingerprint density at radius 3 is 1.08 bits per heavy atom. The van der Waals surface area contributed by atoms with E-state index in [1.807, 2.05) is 0 Å². The maximum atomic E-state index is 6.15. The number of rotatable bonds is 0. The molecule has 0 aliphatic carbocycles.